The van der Waals surface area contributed by atoms with E-state index in [-0.39, 0.29) is 11.1 Å². The van der Waals surface area contributed by atoms with Crippen molar-refractivity contribution in [1.82, 2.24) is 0 Å². The van der Waals surface area contributed by atoms with Gasteiger partial charge in [0, 0.05) is 0 Å². The molecule has 3 N–H and O–H groups in total. The molecule has 92 valence electrons. The topological polar surface area (TPSA) is 129 Å². The Morgan fingerprint density at radius 2 is 1.71 bits per heavy atom. The molecule has 0 amide bonds. The molecule has 1 aromatic carbocycles. The van der Waals surface area contributed by atoms with E-state index < -0.39 is 33.4 Å². The third-order valence-electron chi connectivity index (χ3n) is 1.93. The van der Waals surface area contributed by atoms with Crippen LogP contribution in [-0.4, -0.2) is 35.1 Å². The van der Waals surface area contributed by atoms with Crippen LogP contribution in [0.3, 0.4) is 0 Å². The summed E-state index contributed by atoms with van der Waals surface area (Å²) >= 11 is 0. The summed E-state index contributed by atoms with van der Waals surface area (Å²) in [7, 11) is -4.38. The van der Waals surface area contributed by atoms with Crippen molar-refractivity contribution >= 4 is 22.1 Å². The monoisotopic (exact) mass is 260 g/mol. The Labute approximate surface area is 96.1 Å². The molecule has 0 aliphatic carbocycles. The van der Waals surface area contributed by atoms with Gasteiger partial charge in [-0.05, 0) is 17.7 Å². The summed E-state index contributed by atoms with van der Waals surface area (Å²) in [6, 6.07) is 2.95. The summed E-state index contributed by atoms with van der Waals surface area (Å²) in [6.45, 7) is 0. The van der Waals surface area contributed by atoms with E-state index in [4.69, 9.17) is 14.8 Å². The lowest BCUT2D eigenvalue weighted by atomic mass is 10.1. The average Bonchev–Trinajstić information content (AvgIpc) is 2.14. The molecule has 0 bridgehead atoms. The smallest absolute Gasteiger partial charge is 0.336 e. The molecule has 0 fully saturated rings. The van der Waals surface area contributed by atoms with Crippen LogP contribution >= 0.6 is 0 Å². The van der Waals surface area contributed by atoms with Gasteiger partial charge >= 0.3 is 11.9 Å². The number of carboxylic acid groups (broad SMARTS) is 2. The summed E-state index contributed by atoms with van der Waals surface area (Å²) in [6.07, 6.45) is 0. The molecular formula is C9H8O7S. The van der Waals surface area contributed by atoms with Crippen molar-refractivity contribution in [3.05, 3.63) is 34.9 Å². The standard InChI is InChI=1S/C9H8O7S/c10-8(11)5-1-2-6(4-17(14,15)16)7(3-5)9(12)13/h1-3H,4H2,(H,10,11)(H,12,13)(H,14,15,16). The summed E-state index contributed by atoms with van der Waals surface area (Å²) in [5.74, 6) is -3.67. The molecule has 0 atom stereocenters. The first kappa shape index (κ1) is 13.1. The minimum atomic E-state index is -4.38. The van der Waals surface area contributed by atoms with Crippen LogP contribution in [0.25, 0.3) is 0 Å². The minimum Gasteiger partial charge on any atom is -0.478 e. The lowest BCUT2D eigenvalue weighted by Gasteiger charge is -2.05. The fraction of sp³-hybridized carbons (Fsp3) is 0.111. The molecular weight excluding hydrogens is 252 g/mol. The summed E-state index contributed by atoms with van der Waals surface area (Å²) in [5.41, 5.74) is -0.922. The fourth-order valence-electron chi connectivity index (χ4n) is 1.23. The quantitative estimate of drug-likeness (QED) is 0.671. The van der Waals surface area contributed by atoms with Crippen molar-refractivity contribution in [2.45, 2.75) is 5.75 Å². The Kier molecular flexibility index (Phi) is 3.49. The SMILES string of the molecule is O=C(O)c1ccc(CS(=O)(=O)O)c(C(=O)O)c1. The summed E-state index contributed by atoms with van der Waals surface area (Å²) in [4.78, 5) is 21.4. The van der Waals surface area contributed by atoms with E-state index in [1.54, 1.807) is 0 Å². The maximum Gasteiger partial charge on any atom is 0.336 e. The van der Waals surface area contributed by atoms with Crippen LogP contribution in [0.5, 0.6) is 0 Å². The van der Waals surface area contributed by atoms with Crippen LogP contribution < -0.4 is 0 Å². The van der Waals surface area contributed by atoms with E-state index in [0.29, 0.717) is 0 Å². The van der Waals surface area contributed by atoms with Crippen molar-refractivity contribution in [3.63, 3.8) is 0 Å². The van der Waals surface area contributed by atoms with Gasteiger partial charge < -0.3 is 10.2 Å². The van der Waals surface area contributed by atoms with Gasteiger partial charge in [-0.2, -0.15) is 8.42 Å². The van der Waals surface area contributed by atoms with Crippen molar-refractivity contribution in [2.24, 2.45) is 0 Å². The van der Waals surface area contributed by atoms with Gasteiger partial charge in [-0.1, -0.05) is 6.07 Å². The first-order valence-corrected chi connectivity index (χ1v) is 5.86. The zero-order valence-electron chi connectivity index (χ0n) is 8.32. The molecule has 7 nitrogen and oxygen atoms in total. The first-order chi connectivity index (χ1) is 7.70. The van der Waals surface area contributed by atoms with Crippen LogP contribution in [0.15, 0.2) is 18.2 Å². The van der Waals surface area contributed by atoms with Crippen LogP contribution in [0.2, 0.25) is 0 Å². The third-order valence-corrected chi connectivity index (χ3v) is 2.60. The number of hydrogen-bond donors (Lipinski definition) is 3. The predicted molar refractivity (Wildman–Crippen MR) is 55.6 cm³/mol. The van der Waals surface area contributed by atoms with E-state index in [9.17, 15) is 18.0 Å². The molecule has 0 radical (unpaired) electrons. The maximum absolute atomic E-state index is 10.8. The molecule has 1 aromatic rings. The van der Waals surface area contributed by atoms with E-state index in [1.165, 1.54) is 0 Å². The molecule has 8 heteroatoms. The highest BCUT2D eigenvalue weighted by molar-refractivity contribution is 7.85. The zero-order chi connectivity index (χ0) is 13.2. The van der Waals surface area contributed by atoms with Crippen molar-refractivity contribution in [1.29, 1.82) is 0 Å². The molecule has 0 saturated heterocycles. The second-order valence-corrected chi connectivity index (χ2v) is 4.66. The normalized spacial score (nSPS) is 11.1. The van der Waals surface area contributed by atoms with Gasteiger partial charge in [-0.25, -0.2) is 9.59 Å². The summed E-state index contributed by atoms with van der Waals surface area (Å²) in [5, 5.41) is 17.5. The van der Waals surface area contributed by atoms with Crippen LogP contribution in [-0.2, 0) is 15.9 Å². The number of carboxylic acids is 2. The zero-order valence-corrected chi connectivity index (χ0v) is 9.14. The lowest BCUT2D eigenvalue weighted by Crippen LogP contribution is -2.10. The Bertz CT molecular complexity index is 573. The number of benzene rings is 1. The molecule has 0 spiro atoms. The van der Waals surface area contributed by atoms with Gasteiger partial charge in [0.15, 0.2) is 0 Å². The van der Waals surface area contributed by atoms with Gasteiger partial charge in [-0.15, -0.1) is 0 Å². The van der Waals surface area contributed by atoms with Crippen molar-refractivity contribution in [2.75, 3.05) is 0 Å². The molecule has 0 aliphatic heterocycles. The van der Waals surface area contributed by atoms with Gasteiger partial charge in [-0.3, -0.25) is 4.55 Å². The first-order valence-electron chi connectivity index (χ1n) is 4.25. The van der Waals surface area contributed by atoms with Crippen LogP contribution in [0.1, 0.15) is 26.3 Å². The minimum absolute atomic E-state index is 0.176. The third kappa shape index (κ3) is 3.54. The molecule has 0 aliphatic rings. The largest absolute Gasteiger partial charge is 0.478 e. The van der Waals surface area contributed by atoms with Gasteiger partial charge in [0.25, 0.3) is 10.1 Å². The second-order valence-electron chi connectivity index (χ2n) is 3.21. The molecule has 0 heterocycles. The highest BCUT2D eigenvalue weighted by Gasteiger charge is 2.17. The lowest BCUT2D eigenvalue weighted by molar-refractivity contribution is 0.0695. The highest BCUT2D eigenvalue weighted by Crippen LogP contribution is 2.15. The Hall–Kier alpha value is -1.93. The van der Waals surface area contributed by atoms with Crippen LogP contribution in [0.4, 0.5) is 0 Å². The van der Waals surface area contributed by atoms with Crippen LogP contribution in [0, 0.1) is 0 Å². The fourth-order valence-corrected chi connectivity index (χ4v) is 1.88. The molecule has 0 saturated carbocycles. The highest BCUT2D eigenvalue weighted by atomic mass is 32.2. The van der Waals surface area contributed by atoms with Gasteiger partial charge in [0.05, 0.1) is 11.1 Å². The summed E-state index contributed by atoms with van der Waals surface area (Å²) < 4.78 is 29.9. The van der Waals surface area contributed by atoms with E-state index in [2.05, 4.69) is 0 Å². The van der Waals surface area contributed by atoms with E-state index >= 15 is 0 Å². The molecule has 1 rings (SSSR count). The predicted octanol–water partition coefficient (Wildman–Crippen LogP) is 0.471. The Morgan fingerprint density at radius 3 is 2.12 bits per heavy atom. The Morgan fingerprint density at radius 1 is 1.12 bits per heavy atom. The van der Waals surface area contributed by atoms with Crippen molar-refractivity contribution in [3.8, 4) is 0 Å². The Balaban J connectivity index is 3.32. The number of hydrogen-bond acceptors (Lipinski definition) is 4. The van der Waals surface area contributed by atoms with E-state index in [1.807, 2.05) is 0 Å². The number of carbonyl (C=O) groups is 2. The number of aromatic carboxylic acids is 2. The molecule has 0 aromatic heterocycles. The van der Waals surface area contributed by atoms with Gasteiger partial charge in [0.1, 0.15) is 5.75 Å². The van der Waals surface area contributed by atoms with Gasteiger partial charge in [0.2, 0.25) is 0 Å². The maximum atomic E-state index is 10.8. The molecule has 0 unspecified atom stereocenters. The second kappa shape index (κ2) is 4.52. The number of rotatable bonds is 4. The molecule has 17 heavy (non-hydrogen) atoms. The average molecular weight is 260 g/mol. The van der Waals surface area contributed by atoms with Crippen molar-refractivity contribution < 1.29 is 32.8 Å². The van der Waals surface area contributed by atoms with E-state index in [0.717, 1.165) is 18.2 Å².